The molecular weight excluding hydrogens is 465 g/mol. The highest BCUT2D eigenvalue weighted by molar-refractivity contribution is 14.0. The molecule has 1 aromatic carbocycles. The number of aryl methyl sites for hydroxylation is 3. The minimum atomic E-state index is 0. The van der Waals surface area contributed by atoms with Gasteiger partial charge >= 0.3 is 0 Å². The number of nitrogens with one attached hydrogen (secondary N) is 2. The molecule has 0 unspecified atom stereocenters. The lowest BCUT2D eigenvalue weighted by atomic mass is 10.1. The number of hydrogen-bond acceptors (Lipinski definition) is 3. The highest BCUT2D eigenvalue weighted by Crippen LogP contribution is 2.19. The Morgan fingerprint density at radius 3 is 2.57 bits per heavy atom. The molecule has 2 N–H and O–H groups in total. The summed E-state index contributed by atoms with van der Waals surface area (Å²) in [5.41, 5.74) is 6.16. The molecule has 1 heterocycles. The van der Waals surface area contributed by atoms with Crippen molar-refractivity contribution in [2.75, 3.05) is 20.7 Å². The average molecular weight is 499 g/mol. The van der Waals surface area contributed by atoms with Crippen LogP contribution in [0.2, 0.25) is 0 Å². The molecule has 7 heteroatoms. The van der Waals surface area contributed by atoms with Crippen molar-refractivity contribution in [2.45, 2.75) is 46.6 Å². The number of hydrogen-bond donors (Lipinski definition) is 2. The Balaban J connectivity index is 0.00000392. The van der Waals surface area contributed by atoms with Gasteiger partial charge < -0.3 is 15.4 Å². The van der Waals surface area contributed by atoms with Crippen LogP contribution in [0.3, 0.4) is 0 Å². The van der Waals surface area contributed by atoms with Gasteiger partial charge in [-0.3, -0.25) is 9.67 Å². The largest absolute Gasteiger partial charge is 0.496 e. The second kappa shape index (κ2) is 11.9. The highest BCUT2D eigenvalue weighted by Gasteiger charge is 2.13. The molecule has 0 saturated heterocycles. The second-order valence-corrected chi connectivity index (χ2v) is 6.62. The summed E-state index contributed by atoms with van der Waals surface area (Å²) in [6.45, 7) is 7.93. The van der Waals surface area contributed by atoms with Gasteiger partial charge in [0.1, 0.15) is 5.75 Å². The summed E-state index contributed by atoms with van der Waals surface area (Å²) in [4.78, 5) is 4.35. The summed E-state index contributed by atoms with van der Waals surface area (Å²) < 4.78 is 7.46. The van der Waals surface area contributed by atoms with E-state index in [1.165, 1.54) is 22.4 Å². The van der Waals surface area contributed by atoms with Crippen molar-refractivity contribution in [3.8, 4) is 5.75 Å². The predicted molar refractivity (Wildman–Crippen MR) is 127 cm³/mol. The summed E-state index contributed by atoms with van der Waals surface area (Å²) in [7, 11) is 5.53. The lowest BCUT2D eigenvalue weighted by molar-refractivity contribution is 0.409. The maximum atomic E-state index is 5.46. The lowest BCUT2D eigenvalue weighted by Crippen LogP contribution is -2.38. The zero-order chi connectivity index (χ0) is 19.8. The number of rotatable bonds is 8. The number of ether oxygens (including phenoxy) is 1. The Morgan fingerprint density at radius 1 is 1.21 bits per heavy atom. The molecular formula is C21H34IN5O. The van der Waals surface area contributed by atoms with Gasteiger partial charge in [-0.15, -0.1) is 24.0 Å². The third-order valence-corrected chi connectivity index (χ3v) is 4.81. The molecule has 0 aliphatic heterocycles. The van der Waals surface area contributed by atoms with Gasteiger partial charge in [0.15, 0.2) is 5.96 Å². The van der Waals surface area contributed by atoms with Crippen LogP contribution < -0.4 is 15.4 Å². The highest BCUT2D eigenvalue weighted by atomic mass is 127. The molecule has 0 saturated carbocycles. The molecule has 0 amide bonds. The number of guanidine groups is 1. The van der Waals surface area contributed by atoms with Crippen LogP contribution in [0.25, 0.3) is 0 Å². The van der Waals surface area contributed by atoms with Crippen molar-refractivity contribution >= 4 is 29.9 Å². The van der Waals surface area contributed by atoms with Crippen molar-refractivity contribution in [3.63, 3.8) is 0 Å². The van der Waals surface area contributed by atoms with Crippen molar-refractivity contribution in [1.82, 2.24) is 20.4 Å². The van der Waals surface area contributed by atoms with Crippen LogP contribution in [0, 0.1) is 6.92 Å². The van der Waals surface area contributed by atoms with E-state index in [2.05, 4.69) is 53.6 Å². The number of benzene rings is 1. The van der Waals surface area contributed by atoms with E-state index >= 15 is 0 Å². The Hall–Kier alpha value is -1.77. The lowest BCUT2D eigenvalue weighted by Gasteiger charge is -2.14. The van der Waals surface area contributed by atoms with Crippen molar-refractivity contribution < 1.29 is 4.74 Å². The minimum Gasteiger partial charge on any atom is -0.496 e. The summed E-state index contributed by atoms with van der Waals surface area (Å²) in [6.07, 6.45) is 2.78. The summed E-state index contributed by atoms with van der Waals surface area (Å²) >= 11 is 0. The van der Waals surface area contributed by atoms with Gasteiger partial charge in [-0.2, -0.15) is 5.10 Å². The maximum absolute atomic E-state index is 5.46. The first-order chi connectivity index (χ1) is 13.0. The molecule has 1 aromatic heterocycles. The molecule has 0 bridgehead atoms. The van der Waals surface area contributed by atoms with Gasteiger partial charge in [-0.25, -0.2) is 0 Å². The van der Waals surface area contributed by atoms with Gasteiger partial charge in [-0.1, -0.05) is 31.5 Å². The van der Waals surface area contributed by atoms with Crippen LogP contribution in [0.15, 0.2) is 23.2 Å². The third-order valence-electron chi connectivity index (χ3n) is 4.81. The fourth-order valence-corrected chi connectivity index (χ4v) is 3.41. The monoisotopic (exact) mass is 499 g/mol. The fraction of sp³-hybridized carbons (Fsp3) is 0.524. The quantitative estimate of drug-likeness (QED) is 0.332. The summed E-state index contributed by atoms with van der Waals surface area (Å²) in [6, 6.07) is 6.27. The number of nitrogens with zero attached hydrogens (tertiary/aromatic N) is 3. The van der Waals surface area contributed by atoms with Crippen LogP contribution in [0.1, 0.15) is 41.9 Å². The van der Waals surface area contributed by atoms with Crippen LogP contribution in [-0.2, 0) is 32.9 Å². The molecule has 0 spiro atoms. The SMILES string of the molecule is CCc1nn(C)c(CC)c1CNC(=NC)NCCc1cc(C)ccc1OC.I. The zero-order valence-electron chi connectivity index (χ0n) is 17.9. The molecule has 0 atom stereocenters. The number of halogens is 1. The summed E-state index contributed by atoms with van der Waals surface area (Å²) in [5.74, 6) is 1.73. The van der Waals surface area contributed by atoms with Gasteiger partial charge in [0, 0.05) is 38.4 Å². The molecule has 0 fully saturated rings. The topological polar surface area (TPSA) is 63.5 Å². The minimum absolute atomic E-state index is 0. The molecule has 28 heavy (non-hydrogen) atoms. The van der Waals surface area contributed by atoms with Gasteiger partial charge in [0.2, 0.25) is 0 Å². The molecule has 0 aliphatic carbocycles. The normalized spacial score (nSPS) is 11.1. The van der Waals surface area contributed by atoms with E-state index in [9.17, 15) is 0 Å². The molecule has 0 aliphatic rings. The molecule has 0 radical (unpaired) electrons. The molecule has 2 rings (SSSR count). The van der Waals surface area contributed by atoms with Gasteiger partial charge in [0.25, 0.3) is 0 Å². The van der Waals surface area contributed by atoms with E-state index in [1.807, 2.05) is 17.8 Å². The second-order valence-electron chi connectivity index (χ2n) is 6.62. The number of aromatic nitrogens is 2. The van der Waals surface area contributed by atoms with Crippen molar-refractivity contribution in [2.24, 2.45) is 12.0 Å². The van der Waals surface area contributed by atoms with Crippen LogP contribution in [0.4, 0.5) is 0 Å². The Morgan fingerprint density at radius 2 is 1.96 bits per heavy atom. The maximum Gasteiger partial charge on any atom is 0.191 e. The number of aliphatic imine (C=N–C) groups is 1. The van der Waals surface area contributed by atoms with E-state index < -0.39 is 0 Å². The van der Waals surface area contributed by atoms with E-state index in [1.54, 1.807) is 14.2 Å². The first-order valence-electron chi connectivity index (χ1n) is 9.65. The van der Waals surface area contributed by atoms with Crippen LogP contribution in [-0.4, -0.2) is 36.4 Å². The first kappa shape index (κ1) is 24.3. The summed E-state index contributed by atoms with van der Waals surface area (Å²) in [5, 5.41) is 11.5. The van der Waals surface area contributed by atoms with E-state index in [0.717, 1.165) is 49.8 Å². The van der Waals surface area contributed by atoms with E-state index in [0.29, 0.717) is 0 Å². The Labute approximate surface area is 186 Å². The standard InChI is InChI=1S/C21H33N5O.HI/c1-7-18-17(19(8-2)26(5)25-18)14-24-21(22-4)23-12-11-16-13-15(3)9-10-20(16)27-6;/h9-10,13H,7-8,11-12,14H2,1-6H3,(H2,22,23,24);1H. The Kier molecular flexibility index (Phi) is 10.3. The van der Waals surface area contributed by atoms with Gasteiger partial charge in [-0.05, 0) is 37.8 Å². The predicted octanol–water partition coefficient (Wildman–Crippen LogP) is 3.39. The fourth-order valence-electron chi connectivity index (χ4n) is 3.41. The third kappa shape index (κ3) is 6.12. The molecule has 6 nitrogen and oxygen atoms in total. The number of methoxy groups -OCH3 is 1. The first-order valence-corrected chi connectivity index (χ1v) is 9.65. The zero-order valence-corrected chi connectivity index (χ0v) is 20.3. The van der Waals surface area contributed by atoms with Crippen LogP contribution in [0.5, 0.6) is 5.75 Å². The van der Waals surface area contributed by atoms with Crippen LogP contribution >= 0.6 is 24.0 Å². The molecule has 156 valence electrons. The average Bonchev–Trinajstić information content (AvgIpc) is 2.99. The van der Waals surface area contributed by atoms with E-state index in [4.69, 9.17) is 4.74 Å². The van der Waals surface area contributed by atoms with Gasteiger partial charge in [0.05, 0.1) is 12.8 Å². The van der Waals surface area contributed by atoms with Crippen molar-refractivity contribution in [1.29, 1.82) is 0 Å². The van der Waals surface area contributed by atoms with Crippen molar-refractivity contribution in [3.05, 3.63) is 46.3 Å². The Bertz CT molecular complexity index is 785. The smallest absolute Gasteiger partial charge is 0.191 e. The molecule has 2 aromatic rings. The van der Waals surface area contributed by atoms with E-state index in [-0.39, 0.29) is 24.0 Å².